The quantitative estimate of drug-likeness (QED) is 0.805. The molecule has 0 amide bonds. The summed E-state index contributed by atoms with van der Waals surface area (Å²) < 4.78 is 0.817. The lowest BCUT2D eigenvalue weighted by Gasteiger charge is -2.30. The van der Waals surface area contributed by atoms with Gasteiger partial charge in [-0.25, -0.2) is 0 Å². The predicted molar refractivity (Wildman–Crippen MR) is 81.8 cm³/mol. The van der Waals surface area contributed by atoms with Gasteiger partial charge >= 0.3 is 0 Å². The molecule has 0 saturated carbocycles. The normalized spacial score (nSPS) is 10.7. The maximum absolute atomic E-state index is 8.82. The second-order valence-electron chi connectivity index (χ2n) is 5.87. The van der Waals surface area contributed by atoms with Crippen LogP contribution in [0.4, 0.5) is 0 Å². The third-order valence-corrected chi connectivity index (χ3v) is 3.39. The first kappa shape index (κ1) is 14.8. The molecule has 2 aromatic carbocycles. The highest BCUT2D eigenvalue weighted by Gasteiger charge is 2.16. The van der Waals surface area contributed by atoms with Crippen LogP contribution in [0.2, 0.25) is 0 Å². The summed E-state index contributed by atoms with van der Waals surface area (Å²) in [5.41, 5.74) is 3.81. The molecule has 2 aromatic rings. The maximum Gasteiger partial charge on any atom is 0.104 e. The summed E-state index contributed by atoms with van der Waals surface area (Å²) in [6, 6.07) is 19.8. The van der Waals surface area contributed by atoms with Gasteiger partial charge in [0.05, 0.1) is 37.4 Å². The highest BCUT2D eigenvalue weighted by Crippen LogP contribution is 2.15. The molecule has 21 heavy (non-hydrogen) atoms. The molecule has 3 heteroatoms. The minimum Gasteiger partial charge on any atom is -0.321 e. The van der Waals surface area contributed by atoms with E-state index in [-0.39, 0.29) is 0 Å². The Morgan fingerprint density at radius 2 is 1.05 bits per heavy atom. The topological polar surface area (TPSA) is 47.6 Å². The van der Waals surface area contributed by atoms with Gasteiger partial charge in [0, 0.05) is 11.1 Å². The summed E-state index contributed by atoms with van der Waals surface area (Å²) in [4.78, 5) is 0. The van der Waals surface area contributed by atoms with Gasteiger partial charge in [-0.3, -0.25) is 0 Å². The molecular formula is C18H18N3+. The Morgan fingerprint density at radius 3 is 1.33 bits per heavy atom. The van der Waals surface area contributed by atoms with Crippen molar-refractivity contribution in [3.8, 4) is 12.1 Å². The molecular weight excluding hydrogens is 258 g/mol. The van der Waals surface area contributed by atoms with Crippen molar-refractivity contribution in [3.63, 3.8) is 0 Å². The molecule has 0 aromatic heterocycles. The Bertz CT molecular complexity index is 622. The van der Waals surface area contributed by atoms with E-state index in [1.165, 1.54) is 11.1 Å². The minimum absolute atomic E-state index is 0.691. The maximum atomic E-state index is 8.82. The molecule has 0 aliphatic heterocycles. The van der Waals surface area contributed by atoms with E-state index in [1.54, 1.807) is 0 Å². The van der Waals surface area contributed by atoms with Crippen molar-refractivity contribution in [1.29, 1.82) is 10.5 Å². The van der Waals surface area contributed by atoms with Gasteiger partial charge in [-0.1, -0.05) is 24.3 Å². The minimum atomic E-state index is 0.691. The van der Waals surface area contributed by atoms with Crippen molar-refractivity contribution < 1.29 is 4.48 Å². The monoisotopic (exact) mass is 276 g/mol. The molecule has 0 spiro atoms. The highest BCUT2D eigenvalue weighted by molar-refractivity contribution is 5.32. The largest absolute Gasteiger partial charge is 0.321 e. The number of rotatable bonds is 4. The Hall–Kier alpha value is -2.62. The number of benzene rings is 2. The molecule has 2 rings (SSSR count). The first-order chi connectivity index (χ1) is 10.0. The van der Waals surface area contributed by atoms with Crippen LogP contribution in [0.5, 0.6) is 0 Å². The van der Waals surface area contributed by atoms with E-state index in [0.29, 0.717) is 11.1 Å². The zero-order valence-corrected chi connectivity index (χ0v) is 12.4. The third kappa shape index (κ3) is 4.18. The molecule has 0 N–H and O–H groups in total. The van der Waals surface area contributed by atoms with E-state index in [9.17, 15) is 0 Å². The molecule has 104 valence electrons. The molecule has 3 nitrogen and oxygen atoms in total. The Kier molecular flexibility index (Phi) is 4.38. The molecule has 0 aliphatic rings. The Labute approximate surface area is 125 Å². The smallest absolute Gasteiger partial charge is 0.104 e. The van der Waals surface area contributed by atoms with Crippen LogP contribution in [0.15, 0.2) is 48.5 Å². The summed E-state index contributed by atoms with van der Waals surface area (Å²) in [5.74, 6) is 0. The lowest BCUT2D eigenvalue weighted by Crippen LogP contribution is -2.37. The second kappa shape index (κ2) is 6.22. The predicted octanol–water partition coefficient (Wildman–Crippen LogP) is 3.21. The van der Waals surface area contributed by atoms with Gasteiger partial charge in [0.1, 0.15) is 13.1 Å². The van der Waals surface area contributed by atoms with Gasteiger partial charge < -0.3 is 4.48 Å². The van der Waals surface area contributed by atoms with Crippen LogP contribution >= 0.6 is 0 Å². The summed E-state index contributed by atoms with van der Waals surface area (Å²) in [6.45, 7) is 1.79. The van der Waals surface area contributed by atoms with Crippen LogP contribution in [-0.2, 0) is 13.1 Å². The zero-order chi connectivity index (χ0) is 15.3. The SMILES string of the molecule is C[N+](C)(Cc1ccc(C#N)cc1)Cc1ccc(C#N)cc1. The van der Waals surface area contributed by atoms with Crippen molar-refractivity contribution in [1.82, 2.24) is 0 Å². The zero-order valence-electron chi connectivity index (χ0n) is 12.4. The van der Waals surface area contributed by atoms with Gasteiger partial charge in [-0.2, -0.15) is 10.5 Å². The molecule has 0 aliphatic carbocycles. The van der Waals surface area contributed by atoms with Crippen LogP contribution in [0.3, 0.4) is 0 Å². The highest BCUT2D eigenvalue weighted by atomic mass is 15.3. The van der Waals surface area contributed by atoms with Gasteiger partial charge in [0.2, 0.25) is 0 Å². The fourth-order valence-electron chi connectivity index (χ4n) is 2.41. The van der Waals surface area contributed by atoms with Gasteiger partial charge in [-0.15, -0.1) is 0 Å². The van der Waals surface area contributed by atoms with Gasteiger partial charge in [0.15, 0.2) is 0 Å². The summed E-state index contributed by atoms with van der Waals surface area (Å²) in [6.07, 6.45) is 0. The van der Waals surface area contributed by atoms with Crippen LogP contribution in [0, 0.1) is 22.7 Å². The first-order valence-corrected chi connectivity index (χ1v) is 6.82. The number of hydrogen-bond donors (Lipinski definition) is 0. The molecule has 0 unspecified atom stereocenters. The fraction of sp³-hybridized carbons (Fsp3) is 0.222. The average Bonchev–Trinajstić information content (AvgIpc) is 2.48. The molecule has 0 radical (unpaired) electrons. The lowest BCUT2D eigenvalue weighted by atomic mass is 10.1. The second-order valence-corrected chi connectivity index (χ2v) is 5.87. The van der Waals surface area contributed by atoms with E-state index in [0.717, 1.165) is 17.6 Å². The van der Waals surface area contributed by atoms with Crippen molar-refractivity contribution in [2.24, 2.45) is 0 Å². The Balaban J connectivity index is 2.06. The number of hydrogen-bond acceptors (Lipinski definition) is 2. The summed E-state index contributed by atoms with van der Waals surface area (Å²) >= 11 is 0. The molecule has 0 fully saturated rings. The number of quaternary nitrogens is 1. The third-order valence-electron chi connectivity index (χ3n) is 3.39. The van der Waals surface area contributed by atoms with Crippen LogP contribution < -0.4 is 0 Å². The molecule has 0 heterocycles. The van der Waals surface area contributed by atoms with Crippen LogP contribution in [0.25, 0.3) is 0 Å². The van der Waals surface area contributed by atoms with E-state index in [4.69, 9.17) is 10.5 Å². The van der Waals surface area contributed by atoms with Crippen molar-refractivity contribution in [3.05, 3.63) is 70.8 Å². The van der Waals surface area contributed by atoms with Gasteiger partial charge in [-0.05, 0) is 24.3 Å². The molecule has 0 atom stereocenters. The summed E-state index contributed by atoms with van der Waals surface area (Å²) in [7, 11) is 4.35. The van der Waals surface area contributed by atoms with Crippen molar-refractivity contribution in [2.45, 2.75) is 13.1 Å². The van der Waals surface area contributed by atoms with Crippen LogP contribution in [-0.4, -0.2) is 18.6 Å². The van der Waals surface area contributed by atoms with E-state index < -0.39 is 0 Å². The van der Waals surface area contributed by atoms with Crippen LogP contribution in [0.1, 0.15) is 22.3 Å². The standard InChI is InChI=1S/C18H18N3/c1-21(2,13-17-7-3-15(11-19)4-8-17)14-18-9-5-16(12-20)6-10-18/h3-10H,13-14H2,1-2H3/q+1. The molecule has 0 saturated heterocycles. The summed E-state index contributed by atoms with van der Waals surface area (Å²) in [5, 5.41) is 17.6. The van der Waals surface area contributed by atoms with Crippen molar-refractivity contribution >= 4 is 0 Å². The first-order valence-electron chi connectivity index (χ1n) is 6.82. The van der Waals surface area contributed by atoms with Gasteiger partial charge in [0.25, 0.3) is 0 Å². The van der Waals surface area contributed by atoms with E-state index in [1.807, 2.05) is 48.5 Å². The number of nitriles is 2. The van der Waals surface area contributed by atoms with Crippen molar-refractivity contribution in [2.75, 3.05) is 14.1 Å². The van der Waals surface area contributed by atoms with E-state index >= 15 is 0 Å². The molecule has 0 bridgehead atoms. The average molecular weight is 276 g/mol. The fourth-order valence-corrected chi connectivity index (χ4v) is 2.41. The van der Waals surface area contributed by atoms with E-state index in [2.05, 4.69) is 26.2 Å². The number of nitrogens with zero attached hydrogens (tertiary/aromatic N) is 3. The lowest BCUT2D eigenvalue weighted by molar-refractivity contribution is -0.916. The Morgan fingerprint density at radius 1 is 0.714 bits per heavy atom.